The molecule has 33 heavy (non-hydrogen) atoms. The molecular formula is C26H25FN4O2. The van der Waals surface area contributed by atoms with Gasteiger partial charge in [0.2, 0.25) is 0 Å². The lowest BCUT2D eigenvalue weighted by atomic mass is 9.68. The average molecular weight is 445 g/mol. The van der Waals surface area contributed by atoms with E-state index in [1.54, 1.807) is 19.2 Å². The minimum absolute atomic E-state index is 0.0738. The number of aliphatic carboxylic acids is 1. The van der Waals surface area contributed by atoms with E-state index in [9.17, 15) is 19.6 Å². The molecule has 6 nitrogen and oxygen atoms in total. The highest BCUT2D eigenvalue weighted by molar-refractivity contribution is 5.99. The summed E-state index contributed by atoms with van der Waals surface area (Å²) in [6.07, 6.45) is 3.19. The number of fused-ring (bicyclic) bond motifs is 2. The molecule has 0 amide bonds. The fourth-order valence-corrected chi connectivity index (χ4v) is 5.20. The Kier molecular flexibility index (Phi) is 4.78. The van der Waals surface area contributed by atoms with Gasteiger partial charge >= 0.3 is 5.97 Å². The van der Waals surface area contributed by atoms with Crippen molar-refractivity contribution < 1.29 is 14.3 Å². The molecule has 0 bridgehead atoms. The number of carboxylic acids is 1. The number of nitrogens with one attached hydrogen (secondary N) is 1. The zero-order valence-corrected chi connectivity index (χ0v) is 18.8. The fraction of sp³-hybridized carbons (Fsp3) is 0.346. The molecule has 7 heteroatoms. The number of aromatic amines is 1. The molecule has 1 aliphatic carbocycles. The number of carboxylic acid groups (broad SMARTS) is 1. The van der Waals surface area contributed by atoms with Gasteiger partial charge < -0.3 is 9.67 Å². The Morgan fingerprint density at radius 3 is 2.76 bits per heavy atom. The van der Waals surface area contributed by atoms with Crippen LogP contribution in [-0.4, -0.2) is 25.8 Å². The topological polar surface area (TPSA) is 94.7 Å². The molecule has 0 atom stereocenters. The summed E-state index contributed by atoms with van der Waals surface area (Å²) in [6.45, 7) is 5.83. The molecule has 4 aromatic rings. The molecule has 0 unspecified atom stereocenters. The van der Waals surface area contributed by atoms with Gasteiger partial charge in [-0.2, -0.15) is 10.4 Å². The number of benzene rings is 2. The Morgan fingerprint density at radius 2 is 2.09 bits per heavy atom. The predicted octanol–water partition coefficient (Wildman–Crippen LogP) is 5.72. The second-order valence-electron chi connectivity index (χ2n) is 9.78. The number of hydrogen-bond donors (Lipinski definition) is 2. The van der Waals surface area contributed by atoms with E-state index >= 15 is 0 Å². The van der Waals surface area contributed by atoms with Crippen molar-refractivity contribution in [2.75, 3.05) is 0 Å². The van der Waals surface area contributed by atoms with Gasteiger partial charge in [0.1, 0.15) is 5.82 Å². The summed E-state index contributed by atoms with van der Waals surface area (Å²) in [7, 11) is 0. The third-order valence-corrected chi connectivity index (χ3v) is 7.02. The van der Waals surface area contributed by atoms with Gasteiger partial charge in [-0.1, -0.05) is 13.8 Å². The lowest BCUT2D eigenvalue weighted by molar-refractivity contribution is -0.145. The molecule has 0 aliphatic heterocycles. The van der Waals surface area contributed by atoms with Gasteiger partial charge in [-0.25, -0.2) is 4.39 Å². The number of H-pyrrole nitrogens is 1. The number of aryl methyl sites for hydroxylation is 1. The summed E-state index contributed by atoms with van der Waals surface area (Å²) < 4.78 is 16.3. The predicted molar refractivity (Wildman–Crippen MR) is 124 cm³/mol. The van der Waals surface area contributed by atoms with Crippen LogP contribution in [0, 0.1) is 30.0 Å². The Morgan fingerprint density at radius 1 is 1.33 bits per heavy atom. The molecule has 2 aromatic heterocycles. The first-order chi connectivity index (χ1) is 15.7. The monoisotopic (exact) mass is 444 g/mol. The van der Waals surface area contributed by atoms with E-state index in [-0.39, 0.29) is 17.7 Å². The minimum atomic E-state index is -0.766. The van der Waals surface area contributed by atoms with Crippen molar-refractivity contribution in [2.24, 2.45) is 5.92 Å². The van der Waals surface area contributed by atoms with E-state index in [1.165, 1.54) is 6.07 Å². The maximum atomic E-state index is 14.1. The standard InChI is InChI=1S/C26H25FN4O2/c1-14-8-18(4-5-20(14)27)31-22-11-17-13-29-30-21(17)12-19(22)23(15-9-16(10-15)25(32)33)24(31)26(2,3)6-7-28/h4-5,8,11-13,15-16H,6,9-10H2,1-3H3,(H,29,30)(H,32,33). The second-order valence-corrected chi connectivity index (χ2v) is 9.78. The molecule has 1 fully saturated rings. The SMILES string of the molecule is Cc1cc(-n2c(C(C)(C)CC#N)c(C3CC(C(=O)O)C3)c3cc4[nH]ncc4cc32)ccc1F. The van der Waals surface area contributed by atoms with Crippen LogP contribution in [-0.2, 0) is 10.2 Å². The van der Waals surface area contributed by atoms with E-state index < -0.39 is 11.4 Å². The average Bonchev–Trinajstić information content (AvgIpc) is 3.29. The van der Waals surface area contributed by atoms with Crippen LogP contribution in [0.15, 0.2) is 36.5 Å². The molecule has 2 aromatic carbocycles. The van der Waals surface area contributed by atoms with Crippen LogP contribution in [0.3, 0.4) is 0 Å². The van der Waals surface area contributed by atoms with Crippen LogP contribution in [0.25, 0.3) is 27.5 Å². The van der Waals surface area contributed by atoms with Crippen molar-refractivity contribution in [3.63, 3.8) is 0 Å². The Balaban J connectivity index is 1.87. The number of aromatic nitrogens is 3. The van der Waals surface area contributed by atoms with E-state index in [4.69, 9.17) is 0 Å². The van der Waals surface area contributed by atoms with Crippen molar-refractivity contribution in [1.29, 1.82) is 5.26 Å². The van der Waals surface area contributed by atoms with E-state index in [0.717, 1.165) is 38.8 Å². The highest BCUT2D eigenvalue weighted by Crippen LogP contribution is 2.50. The van der Waals surface area contributed by atoms with E-state index in [1.807, 2.05) is 19.9 Å². The number of rotatable bonds is 5. The smallest absolute Gasteiger partial charge is 0.306 e. The van der Waals surface area contributed by atoms with Gasteiger partial charge in [0, 0.05) is 34.0 Å². The number of carbonyl (C=O) groups is 1. The lowest BCUT2D eigenvalue weighted by Crippen LogP contribution is -2.31. The number of nitriles is 1. The minimum Gasteiger partial charge on any atom is -0.481 e. The van der Waals surface area contributed by atoms with Crippen molar-refractivity contribution in [1.82, 2.24) is 14.8 Å². The second kappa shape index (κ2) is 7.45. The number of hydrogen-bond acceptors (Lipinski definition) is 3. The summed E-state index contributed by atoms with van der Waals surface area (Å²) in [4.78, 5) is 11.5. The van der Waals surface area contributed by atoms with Crippen molar-refractivity contribution in [3.05, 3.63) is 59.2 Å². The van der Waals surface area contributed by atoms with Crippen LogP contribution in [0.4, 0.5) is 4.39 Å². The van der Waals surface area contributed by atoms with Crippen molar-refractivity contribution in [2.45, 2.75) is 51.4 Å². The highest BCUT2D eigenvalue weighted by atomic mass is 19.1. The van der Waals surface area contributed by atoms with Crippen molar-refractivity contribution in [3.8, 4) is 11.8 Å². The quantitative estimate of drug-likeness (QED) is 0.411. The molecule has 2 heterocycles. The third-order valence-electron chi connectivity index (χ3n) is 7.02. The Labute approximate surface area is 190 Å². The lowest BCUT2D eigenvalue weighted by Gasteiger charge is -2.36. The molecule has 1 saturated carbocycles. The zero-order chi connectivity index (χ0) is 23.5. The Hall–Kier alpha value is -3.66. The number of halogens is 1. The van der Waals surface area contributed by atoms with Gasteiger partial charge in [0.05, 0.1) is 29.2 Å². The summed E-state index contributed by atoms with van der Waals surface area (Å²) in [5.41, 5.74) is 4.77. The van der Waals surface area contributed by atoms with Crippen LogP contribution in [0.2, 0.25) is 0 Å². The Bertz CT molecular complexity index is 1450. The third kappa shape index (κ3) is 3.29. The van der Waals surface area contributed by atoms with E-state index in [0.29, 0.717) is 24.8 Å². The first-order valence-corrected chi connectivity index (χ1v) is 11.1. The normalized spacial score (nSPS) is 18.4. The molecule has 0 saturated heterocycles. The largest absolute Gasteiger partial charge is 0.481 e. The first-order valence-electron chi connectivity index (χ1n) is 11.1. The van der Waals surface area contributed by atoms with E-state index in [2.05, 4.69) is 33.0 Å². The number of nitrogens with zero attached hydrogens (tertiary/aromatic N) is 3. The fourth-order valence-electron chi connectivity index (χ4n) is 5.20. The summed E-state index contributed by atoms with van der Waals surface area (Å²) in [5, 5.41) is 28.3. The molecule has 1 aliphatic rings. The van der Waals surface area contributed by atoms with Crippen LogP contribution < -0.4 is 0 Å². The van der Waals surface area contributed by atoms with Gasteiger partial charge in [0.25, 0.3) is 0 Å². The van der Waals surface area contributed by atoms with Gasteiger partial charge in [0.15, 0.2) is 0 Å². The van der Waals surface area contributed by atoms with Gasteiger partial charge in [-0.15, -0.1) is 0 Å². The van der Waals surface area contributed by atoms with Crippen LogP contribution in [0.5, 0.6) is 0 Å². The molecular weight excluding hydrogens is 419 g/mol. The maximum Gasteiger partial charge on any atom is 0.306 e. The molecule has 0 radical (unpaired) electrons. The molecule has 0 spiro atoms. The van der Waals surface area contributed by atoms with Gasteiger partial charge in [-0.3, -0.25) is 9.89 Å². The summed E-state index contributed by atoms with van der Waals surface area (Å²) in [6, 6.07) is 11.5. The van der Waals surface area contributed by atoms with Crippen molar-refractivity contribution >= 4 is 27.8 Å². The molecule has 168 valence electrons. The first kappa shape index (κ1) is 21.2. The van der Waals surface area contributed by atoms with Crippen LogP contribution in [0.1, 0.15) is 55.8 Å². The van der Waals surface area contributed by atoms with Crippen LogP contribution >= 0.6 is 0 Å². The molecule has 2 N–H and O–H groups in total. The summed E-state index contributed by atoms with van der Waals surface area (Å²) in [5.74, 6) is -1.32. The molecule has 5 rings (SSSR count). The summed E-state index contributed by atoms with van der Waals surface area (Å²) >= 11 is 0. The highest BCUT2D eigenvalue weighted by Gasteiger charge is 2.41. The zero-order valence-electron chi connectivity index (χ0n) is 18.8. The maximum absolute atomic E-state index is 14.1. The van der Waals surface area contributed by atoms with Gasteiger partial charge in [-0.05, 0) is 67.1 Å².